The summed E-state index contributed by atoms with van der Waals surface area (Å²) in [6, 6.07) is -0.876. The van der Waals surface area contributed by atoms with Crippen LogP contribution in [0.3, 0.4) is 0 Å². The van der Waals surface area contributed by atoms with Crippen molar-refractivity contribution in [2.24, 2.45) is 0 Å². The molecule has 0 heterocycles. The first-order valence-corrected chi connectivity index (χ1v) is 33.9. The Morgan fingerprint density at radius 3 is 1.23 bits per heavy atom. The fourth-order valence-electron chi connectivity index (χ4n) is 8.66. The van der Waals surface area contributed by atoms with Gasteiger partial charge in [-0.1, -0.05) is 245 Å². The van der Waals surface area contributed by atoms with Gasteiger partial charge in [0.25, 0.3) is 0 Å². The minimum absolute atomic E-state index is 0.0261. The van der Waals surface area contributed by atoms with Gasteiger partial charge in [0.1, 0.15) is 19.3 Å². The van der Waals surface area contributed by atoms with Gasteiger partial charge < -0.3 is 19.4 Å². The molecule has 10 heteroatoms. The number of allylic oxidation sites excluding steroid dienone is 19. The summed E-state index contributed by atoms with van der Waals surface area (Å²) in [5.74, 6) is -0.554. The molecule has 0 aliphatic carbocycles. The fraction of sp³-hybridized carbons (Fsp3) is 0.686. The van der Waals surface area contributed by atoms with Crippen LogP contribution in [0.4, 0.5) is 0 Å². The molecule has 3 unspecified atom stereocenters. The van der Waals surface area contributed by atoms with Crippen molar-refractivity contribution in [3.63, 3.8) is 0 Å². The highest BCUT2D eigenvalue weighted by atomic mass is 31.2. The van der Waals surface area contributed by atoms with E-state index in [0.717, 1.165) is 141 Å². The molecule has 0 saturated heterocycles. The molecule has 0 radical (unpaired) electrons. The zero-order valence-electron chi connectivity index (χ0n) is 52.3. The first-order valence-electron chi connectivity index (χ1n) is 32.4. The molecule has 458 valence electrons. The van der Waals surface area contributed by atoms with Crippen LogP contribution in [0.1, 0.15) is 258 Å². The van der Waals surface area contributed by atoms with E-state index in [0.29, 0.717) is 23.9 Å². The monoisotopic (exact) mass is 1130 g/mol. The number of unbranched alkanes of at least 4 members (excludes halogenated alkanes) is 23. The van der Waals surface area contributed by atoms with Crippen LogP contribution >= 0.6 is 7.82 Å². The van der Waals surface area contributed by atoms with Crippen LogP contribution in [0.2, 0.25) is 0 Å². The van der Waals surface area contributed by atoms with Crippen LogP contribution in [0.5, 0.6) is 0 Å². The summed E-state index contributed by atoms with van der Waals surface area (Å²) in [6.07, 6.45) is 81.9. The van der Waals surface area contributed by atoms with Crippen molar-refractivity contribution in [2.45, 2.75) is 270 Å². The van der Waals surface area contributed by atoms with Crippen LogP contribution < -0.4 is 5.32 Å². The Bertz CT molecular complexity index is 1780. The first-order chi connectivity index (χ1) is 38.9. The van der Waals surface area contributed by atoms with Gasteiger partial charge in [-0.2, -0.15) is 0 Å². The number of phosphoric acid groups is 1. The summed E-state index contributed by atoms with van der Waals surface area (Å²) in [7, 11) is 1.45. The third-order valence-corrected chi connectivity index (χ3v) is 14.6. The lowest BCUT2D eigenvalue weighted by Crippen LogP contribution is -2.47. The molecule has 0 spiro atoms. The Morgan fingerprint density at radius 1 is 0.450 bits per heavy atom. The first kappa shape index (κ1) is 76.4. The van der Waals surface area contributed by atoms with Gasteiger partial charge >= 0.3 is 13.8 Å². The average molecular weight is 1130 g/mol. The number of amides is 1. The number of carbonyl (C=O) groups excluding carboxylic acids is 2. The molecule has 0 rings (SSSR count). The summed E-state index contributed by atoms with van der Waals surface area (Å²) in [6.45, 7) is 6.83. The van der Waals surface area contributed by atoms with Crippen LogP contribution in [0.15, 0.2) is 122 Å². The van der Waals surface area contributed by atoms with Gasteiger partial charge in [-0.05, 0) is 122 Å². The lowest BCUT2D eigenvalue weighted by atomic mass is 10.0. The van der Waals surface area contributed by atoms with Crippen molar-refractivity contribution in [2.75, 3.05) is 40.9 Å². The third-order valence-electron chi connectivity index (χ3n) is 13.6. The fourth-order valence-corrected chi connectivity index (χ4v) is 9.39. The van der Waals surface area contributed by atoms with Crippen LogP contribution in [-0.2, 0) is 27.9 Å². The second-order valence-electron chi connectivity index (χ2n) is 22.5. The Balaban J connectivity index is 5.30. The Labute approximate surface area is 493 Å². The molecule has 80 heavy (non-hydrogen) atoms. The average Bonchev–Trinajstić information content (AvgIpc) is 3.42. The molecule has 0 aliphatic rings. The molecule has 0 aromatic carbocycles. The van der Waals surface area contributed by atoms with Crippen molar-refractivity contribution < 1.29 is 37.3 Å². The van der Waals surface area contributed by atoms with E-state index in [9.17, 15) is 19.0 Å². The molecule has 0 aliphatic heterocycles. The van der Waals surface area contributed by atoms with E-state index in [1.165, 1.54) is 77.0 Å². The SMILES string of the molecule is CC/C=C\C/C=C\C/C=C\C/C=C\C/C=C\CCCCCCCC(=O)NC(COP(=O)(O)OCC[N+](C)(C)C)C(/C=C/CCCCCCCCCCCC)OC(=O)CCCCCCC/C=C\C/C=C\C/C=C\C/C=C\CCCCC. The Kier molecular flexibility index (Phi) is 56.0. The van der Waals surface area contributed by atoms with E-state index < -0.39 is 20.0 Å². The molecular weight excluding hydrogens is 1010 g/mol. The van der Waals surface area contributed by atoms with Crippen molar-refractivity contribution in [3.05, 3.63) is 122 Å². The predicted molar refractivity (Wildman–Crippen MR) is 346 cm³/mol. The van der Waals surface area contributed by atoms with Crippen molar-refractivity contribution >= 4 is 19.7 Å². The van der Waals surface area contributed by atoms with Gasteiger partial charge in [0, 0.05) is 12.8 Å². The summed E-state index contributed by atoms with van der Waals surface area (Å²) in [5, 5.41) is 3.04. The third kappa shape index (κ3) is 59.0. The molecule has 9 nitrogen and oxygen atoms in total. The number of rotatable bonds is 57. The normalized spacial score (nSPS) is 14.4. The number of phosphoric ester groups is 1. The standard InChI is InChI=1S/C70H121N2O7P/c1-7-10-13-16-19-22-25-28-30-32-34-36-38-40-42-44-47-50-53-56-59-62-69(73)71-67(66-78-80(75,76)77-65-64-72(4,5)6)68(61-58-55-52-49-46-27-24-21-18-15-12-9-3)79-70(74)63-60-57-54-51-48-45-43-41-39-37-35-33-31-29-26-23-20-17-14-11-8-2/h10,13,19-20,22-23,28-31,34-37,40-43,58,61,67-68H,7-9,11-12,14-18,21,24-27,32-33,38-39,44-57,59-60,62-66H2,1-6H3,(H-,71,73,75,76)/p+1/b13-10-,22-19-,23-20-,30-28-,31-29-,36-34-,37-35-,42-40-,43-41-,61-58+. The Hall–Kier alpha value is -3.59. The van der Waals surface area contributed by atoms with E-state index in [1.54, 1.807) is 0 Å². The van der Waals surface area contributed by atoms with E-state index >= 15 is 0 Å². The zero-order valence-corrected chi connectivity index (χ0v) is 53.2. The van der Waals surface area contributed by atoms with E-state index in [1.807, 2.05) is 33.3 Å². The topological polar surface area (TPSA) is 111 Å². The quantitative estimate of drug-likeness (QED) is 0.0205. The molecule has 0 aromatic heterocycles. The minimum atomic E-state index is -4.47. The highest BCUT2D eigenvalue weighted by Gasteiger charge is 2.30. The maximum absolute atomic E-state index is 13.6. The maximum Gasteiger partial charge on any atom is 0.472 e. The maximum atomic E-state index is 13.6. The van der Waals surface area contributed by atoms with Crippen molar-refractivity contribution in [1.29, 1.82) is 0 Å². The van der Waals surface area contributed by atoms with Gasteiger partial charge in [0.05, 0.1) is 33.8 Å². The van der Waals surface area contributed by atoms with E-state index in [-0.39, 0.29) is 31.5 Å². The van der Waals surface area contributed by atoms with Crippen LogP contribution in [0, 0.1) is 0 Å². The zero-order chi connectivity index (χ0) is 58.6. The molecule has 0 saturated carbocycles. The van der Waals surface area contributed by atoms with Gasteiger partial charge in [-0.15, -0.1) is 0 Å². The molecule has 0 fully saturated rings. The summed E-state index contributed by atoms with van der Waals surface area (Å²) in [5.41, 5.74) is 0. The molecule has 2 N–H and O–H groups in total. The molecule has 3 atom stereocenters. The number of hydrogen-bond acceptors (Lipinski definition) is 6. The molecule has 1 amide bonds. The van der Waals surface area contributed by atoms with Crippen molar-refractivity contribution in [1.82, 2.24) is 5.32 Å². The molecular formula is C70H122N2O7P+. The number of ether oxygens (including phenoxy) is 1. The number of likely N-dealkylation sites (N-methyl/N-ethyl adjacent to an activating group) is 1. The minimum Gasteiger partial charge on any atom is -0.456 e. The van der Waals surface area contributed by atoms with Gasteiger partial charge in [0.2, 0.25) is 5.91 Å². The van der Waals surface area contributed by atoms with Crippen LogP contribution in [-0.4, -0.2) is 74.3 Å². The highest BCUT2D eigenvalue weighted by molar-refractivity contribution is 7.47. The largest absolute Gasteiger partial charge is 0.472 e. The number of esters is 1. The lowest BCUT2D eigenvalue weighted by Gasteiger charge is -2.27. The van der Waals surface area contributed by atoms with E-state index in [4.69, 9.17) is 13.8 Å². The van der Waals surface area contributed by atoms with Gasteiger partial charge in [-0.3, -0.25) is 18.6 Å². The number of quaternary nitrogens is 1. The second kappa shape index (κ2) is 58.6. The van der Waals surface area contributed by atoms with E-state index in [2.05, 4.69) is 135 Å². The second-order valence-corrected chi connectivity index (χ2v) is 24.0. The van der Waals surface area contributed by atoms with Crippen LogP contribution in [0.25, 0.3) is 0 Å². The number of nitrogens with one attached hydrogen (secondary N) is 1. The summed E-state index contributed by atoms with van der Waals surface area (Å²) in [4.78, 5) is 37.8. The number of nitrogens with zero attached hydrogens (tertiary/aromatic N) is 1. The Morgan fingerprint density at radius 2 is 0.800 bits per heavy atom. The number of hydrogen-bond donors (Lipinski definition) is 2. The predicted octanol–water partition coefficient (Wildman–Crippen LogP) is 20.3. The number of carbonyl (C=O) groups is 2. The smallest absolute Gasteiger partial charge is 0.456 e. The molecule has 0 bridgehead atoms. The lowest BCUT2D eigenvalue weighted by molar-refractivity contribution is -0.870. The summed E-state index contributed by atoms with van der Waals surface area (Å²) >= 11 is 0. The van der Waals surface area contributed by atoms with Gasteiger partial charge in [0.15, 0.2) is 0 Å². The van der Waals surface area contributed by atoms with Crippen molar-refractivity contribution in [3.8, 4) is 0 Å². The summed E-state index contributed by atoms with van der Waals surface area (Å²) < 4.78 is 30.7. The van der Waals surface area contributed by atoms with Gasteiger partial charge in [-0.25, -0.2) is 4.57 Å². The highest BCUT2D eigenvalue weighted by Crippen LogP contribution is 2.43. The molecule has 0 aromatic rings.